The van der Waals surface area contributed by atoms with Crippen LogP contribution in [-0.4, -0.2) is 32.9 Å². The molecule has 1 aromatic carbocycles. The maximum Gasteiger partial charge on any atom is 0.163 e. The van der Waals surface area contributed by atoms with E-state index in [1.54, 1.807) is 18.1 Å². The van der Waals surface area contributed by atoms with Crippen LogP contribution in [0.25, 0.3) is 11.0 Å². The Morgan fingerprint density at radius 1 is 1.26 bits per heavy atom. The van der Waals surface area contributed by atoms with Gasteiger partial charge in [-0.1, -0.05) is 18.2 Å². The van der Waals surface area contributed by atoms with Crippen LogP contribution in [0.15, 0.2) is 36.8 Å². The molecule has 0 radical (unpaired) electrons. The number of anilines is 1. The second kappa shape index (κ2) is 5.53. The first-order chi connectivity index (χ1) is 11.3. The van der Waals surface area contributed by atoms with Gasteiger partial charge in [0.1, 0.15) is 17.9 Å². The molecular formula is C17H19N5O. The molecule has 6 heteroatoms. The van der Waals surface area contributed by atoms with Crippen molar-refractivity contribution in [1.82, 2.24) is 19.7 Å². The second-order valence-corrected chi connectivity index (χ2v) is 5.87. The molecule has 1 aliphatic rings. The first-order valence-electron chi connectivity index (χ1n) is 7.79. The van der Waals surface area contributed by atoms with E-state index in [-0.39, 0.29) is 0 Å². The fourth-order valence-corrected chi connectivity index (χ4v) is 2.96. The quantitative estimate of drug-likeness (QED) is 0.725. The number of benzene rings is 1. The zero-order valence-electron chi connectivity index (χ0n) is 13.3. The van der Waals surface area contributed by atoms with Gasteiger partial charge in [0.05, 0.1) is 18.7 Å². The van der Waals surface area contributed by atoms with E-state index in [1.165, 1.54) is 12.8 Å². The SMILES string of the molecule is COc1ccccc1CN(c1ncnc2c1cnn2C)C1CC1. The van der Waals surface area contributed by atoms with E-state index >= 15 is 0 Å². The Bertz CT molecular complexity index is 840. The van der Waals surface area contributed by atoms with E-state index in [1.807, 2.05) is 31.4 Å². The molecule has 6 nitrogen and oxygen atoms in total. The Labute approximate surface area is 134 Å². The number of hydrogen-bond donors (Lipinski definition) is 0. The van der Waals surface area contributed by atoms with Crippen molar-refractivity contribution in [3.8, 4) is 5.75 Å². The van der Waals surface area contributed by atoms with Crippen LogP contribution in [0.5, 0.6) is 5.75 Å². The fourth-order valence-electron chi connectivity index (χ4n) is 2.96. The molecule has 0 bridgehead atoms. The molecule has 0 aliphatic heterocycles. The number of hydrogen-bond acceptors (Lipinski definition) is 5. The van der Waals surface area contributed by atoms with Gasteiger partial charge in [-0.15, -0.1) is 0 Å². The molecule has 1 aliphatic carbocycles. The van der Waals surface area contributed by atoms with Crippen molar-refractivity contribution in [1.29, 1.82) is 0 Å². The van der Waals surface area contributed by atoms with Gasteiger partial charge < -0.3 is 9.64 Å². The average Bonchev–Trinajstić information content (AvgIpc) is 3.36. The van der Waals surface area contributed by atoms with Crippen LogP contribution in [0.1, 0.15) is 18.4 Å². The largest absolute Gasteiger partial charge is 0.496 e. The van der Waals surface area contributed by atoms with Gasteiger partial charge in [-0.05, 0) is 18.9 Å². The molecule has 1 saturated carbocycles. The zero-order chi connectivity index (χ0) is 15.8. The number of para-hydroxylation sites is 1. The molecular weight excluding hydrogens is 290 g/mol. The summed E-state index contributed by atoms with van der Waals surface area (Å²) in [5.41, 5.74) is 2.03. The predicted octanol–water partition coefficient (Wildman–Crippen LogP) is 2.54. The van der Waals surface area contributed by atoms with Gasteiger partial charge in [-0.25, -0.2) is 9.97 Å². The van der Waals surface area contributed by atoms with Crippen LogP contribution in [-0.2, 0) is 13.6 Å². The number of methoxy groups -OCH3 is 1. The van der Waals surface area contributed by atoms with E-state index in [0.29, 0.717) is 6.04 Å². The number of ether oxygens (including phenoxy) is 1. The molecule has 23 heavy (non-hydrogen) atoms. The third kappa shape index (κ3) is 2.50. The molecule has 0 spiro atoms. The monoisotopic (exact) mass is 309 g/mol. The lowest BCUT2D eigenvalue weighted by atomic mass is 10.1. The molecule has 118 valence electrons. The van der Waals surface area contributed by atoms with Crippen LogP contribution in [0, 0.1) is 0 Å². The third-order valence-corrected chi connectivity index (χ3v) is 4.30. The van der Waals surface area contributed by atoms with Crippen molar-refractivity contribution in [2.75, 3.05) is 12.0 Å². The highest BCUT2D eigenvalue weighted by Gasteiger charge is 2.32. The summed E-state index contributed by atoms with van der Waals surface area (Å²) in [6.45, 7) is 0.773. The van der Waals surface area contributed by atoms with Crippen molar-refractivity contribution in [2.24, 2.45) is 7.05 Å². The highest BCUT2D eigenvalue weighted by molar-refractivity contribution is 5.86. The van der Waals surface area contributed by atoms with Gasteiger partial charge in [-0.2, -0.15) is 5.10 Å². The lowest BCUT2D eigenvalue weighted by Gasteiger charge is -2.24. The molecule has 0 unspecified atom stereocenters. The smallest absolute Gasteiger partial charge is 0.163 e. The van der Waals surface area contributed by atoms with Gasteiger partial charge in [0, 0.05) is 25.2 Å². The Morgan fingerprint density at radius 2 is 2.09 bits per heavy atom. The lowest BCUT2D eigenvalue weighted by Crippen LogP contribution is -2.26. The van der Waals surface area contributed by atoms with Gasteiger partial charge in [0.25, 0.3) is 0 Å². The normalized spacial score (nSPS) is 14.2. The molecule has 2 heterocycles. The van der Waals surface area contributed by atoms with Gasteiger partial charge in [0.2, 0.25) is 0 Å². The Balaban J connectivity index is 1.76. The van der Waals surface area contributed by atoms with Crippen molar-refractivity contribution in [3.05, 3.63) is 42.4 Å². The van der Waals surface area contributed by atoms with Gasteiger partial charge in [0.15, 0.2) is 5.65 Å². The van der Waals surface area contributed by atoms with Gasteiger partial charge in [-0.3, -0.25) is 4.68 Å². The Hall–Kier alpha value is -2.63. The number of aromatic nitrogens is 4. The van der Waals surface area contributed by atoms with Crippen LogP contribution < -0.4 is 9.64 Å². The zero-order valence-corrected chi connectivity index (χ0v) is 13.3. The lowest BCUT2D eigenvalue weighted by molar-refractivity contribution is 0.409. The van der Waals surface area contributed by atoms with Crippen molar-refractivity contribution < 1.29 is 4.74 Å². The van der Waals surface area contributed by atoms with Crippen LogP contribution >= 0.6 is 0 Å². The first-order valence-corrected chi connectivity index (χ1v) is 7.79. The maximum atomic E-state index is 5.50. The molecule has 0 N–H and O–H groups in total. The summed E-state index contributed by atoms with van der Waals surface area (Å²) in [6, 6.07) is 8.67. The predicted molar refractivity (Wildman–Crippen MR) is 88.5 cm³/mol. The summed E-state index contributed by atoms with van der Waals surface area (Å²) in [5, 5.41) is 5.32. The Kier molecular flexibility index (Phi) is 3.37. The highest BCUT2D eigenvalue weighted by Crippen LogP contribution is 2.36. The van der Waals surface area contributed by atoms with Crippen molar-refractivity contribution in [2.45, 2.75) is 25.4 Å². The molecule has 4 rings (SSSR count). The minimum atomic E-state index is 0.526. The average molecular weight is 309 g/mol. The van der Waals surface area contributed by atoms with Crippen molar-refractivity contribution >= 4 is 16.9 Å². The number of fused-ring (bicyclic) bond motifs is 1. The van der Waals surface area contributed by atoms with Crippen LogP contribution in [0.3, 0.4) is 0 Å². The van der Waals surface area contributed by atoms with E-state index in [0.717, 1.165) is 34.7 Å². The summed E-state index contributed by atoms with van der Waals surface area (Å²) < 4.78 is 7.28. The number of nitrogens with zero attached hydrogens (tertiary/aromatic N) is 5. The van der Waals surface area contributed by atoms with Gasteiger partial charge >= 0.3 is 0 Å². The Morgan fingerprint density at radius 3 is 2.87 bits per heavy atom. The standard InChI is InChI=1S/C17H19N5O/c1-21-16-14(9-20-21)17(19-11-18-16)22(13-7-8-13)10-12-5-3-4-6-15(12)23-2/h3-6,9,11,13H,7-8,10H2,1-2H3. The molecule has 0 saturated heterocycles. The summed E-state index contributed by atoms with van der Waals surface area (Å²) in [5.74, 6) is 1.87. The minimum Gasteiger partial charge on any atom is -0.496 e. The fraction of sp³-hybridized carbons (Fsp3) is 0.353. The number of aryl methyl sites for hydroxylation is 1. The van der Waals surface area contributed by atoms with Crippen LogP contribution in [0.4, 0.5) is 5.82 Å². The summed E-state index contributed by atoms with van der Waals surface area (Å²) >= 11 is 0. The summed E-state index contributed by atoms with van der Waals surface area (Å²) in [4.78, 5) is 11.2. The minimum absolute atomic E-state index is 0.526. The summed E-state index contributed by atoms with van der Waals surface area (Å²) in [7, 11) is 3.62. The third-order valence-electron chi connectivity index (χ3n) is 4.30. The highest BCUT2D eigenvalue weighted by atomic mass is 16.5. The molecule has 0 amide bonds. The molecule has 0 atom stereocenters. The van der Waals surface area contributed by atoms with E-state index in [2.05, 4.69) is 26.0 Å². The first kappa shape index (κ1) is 14.0. The topological polar surface area (TPSA) is 56.1 Å². The summed E-state index contributed by atoms with van der Waals surface area (Å²) in [6.07, 6.45) is 5.86. The molecule has 3 aromatic rings. The molecule has 2 aromatic heterocycles. The van der Waals surface area contributed by atoms with E-state index in [9.17, 15) is 0 Å². The maximum absolute atomic E-state index is 5.50. The number of rotatable bonds is 5. The molecule has 1 fully saturated rings. The second-order valence-electron chi connectivity index (χ2n) is 5.87. The van der Waals surface area contributed by atoms with Crippen molar-refractivity contribution in [3.63, 3.8) is 0 Å². The van der Waals surface area contributed by atoms with E-state index in [4.69, 9.17) is 4.74 Å². The van der Waals surface area contributed by atoms with Crippen LogP contribution in [0.2, 0.25) is 0 Å². The van der Waals surface area contributed by atoms with E-state index < -0.39 is 0 Å².